The van der Waals surface area contributed by atoms with Crippen LogP contribution in [0.5, 0.6) is 0 Å². The van der Waals surface area contributed by atoms with E-state index >= 15 is 0 Å². The van der Waals surface area contributed by atoms with Crippen molar-refractivity contribution < 1.29 is 18.0 Å². The Balaban J connectivity index is 1.09. The summed E-state index contributed by atoms with van der Waals surface area (Å²) in [7, 11) is 0. The van der Waals surface area contributed by atoms with Crippen LogP contribution >= 0.6 is 11.3 Å². The molecule has 0 radical (unpaired) electrons. The molecule has 6 rings (SSSR count). The van der Waals surface area contributed by atoms with Crippen molar-refractivity contribution in [3.8, 4) is 6.07 Å². The number of nitrogens with zero attached hydrogens (tertiary/aromatic N) is 6. The number of hydrogen-bond acceptors (Lipinski definition) is 8. The van der Waals surface area contributed by atoms with Gasteiger partial charge < -0.3 is 15.2 Å². The van der Waals surface area contributed by atoms with Crippen molar-refractivity contribution in [1.29, 1.82) is 5.26 Å². The van der Waals surface area contributed by atoms with Crippen molar-refractivity contribution in [2.24, 2.45) is 0 Å². The Morgan fingerprint density at radius 2 is 1.90 bits per heavy atom. The number of fused-ring (bicyclic) bond motifs is 2. The van der Waals surface area contributed by atoms with E-state index < -0.39 is 12.6 Å². The molecule has 0 saturated carbocycles. The largest absolute Gasteiger partial charge is 0.393 e. The predicted octanol–water partition coefficient (Wildman–Crippen LogP) is 7.08. The summed E-state index contributed by atoms with van der Waals surface area (Å²) < 4.78 is 40.9. The standard InChI is InChI=1S/C35H35F3N8OS/c1-4-32(47)44-31-8-6-23(22(3)42-31)9-14-46-26(18-39)15-28-21(2)24(5-7-30(28)46)19-45-12-10-25(11-13-45)43-33-29-16-27(17-35(36,37)38)48-34(29)41-20-40-33/h4-8,15-16,20,25H,1,9-14,17,19H2,2-3H3,(H,40,41,43)(H,42,44,47). The highest BCUT2D eigenvalue weighted by Gasteiger charge is 2.29. The minimum absolute atomic E-state index is 0.155. The molecule has 248 valence electrons. The van der Waals surface area contributed by atoms with Gasteiger partial charge in [-0.05, 0) is 80.1 Å². The van der Waals surface area contributed by atoms with Crippen molar-refractivity contribution in [3.63, 3.8) is 0 Å². The number of rotatable bonds is 10. The van der Waals surface area contributed by atoms with Gasteiger partial charge in [0.25, 0.3) is 0 Å². The highest BCUT2D eigenvalue weighted by Crippen LogP contribution is 2.33. The van der Waals surface area contributed by atoms with Gasteiger partial charge in [-0.25, -0.2) is 15.0 Å². The van der Waals surface area contributed by atoms with Crippen LogP contribution in [-0.4, -0.2) is 55.6 Å². The molecule has 1 fully saturated rings. The molecule has 1 aliphatic heterocycles. The molecule has 1 aliphatic rings. The molecule has 0 atom stereocenters. The quantitative estimate of drug-likeness (QED) is 0.153. The number of carbonyl (C=O) groups is 1. The van der Waals surface area contributed by atoms with Crippen LogP contribution in [0.3, 0.4) is 0 Å². The molecule has 1 amide bonds. The molecule has 5 aromatic rings. The van der Waals surface area contributed by atoms with Crippen LogP contribution < -0.4 is 10.6 Å². The first-order valence-corrected chi connectivity index (χ1v) is 16.5. The summed E-state index contributed by atoms with van der Waals surface area (Å²) in [6.07, 6.45) is -0.202. The third-order valence-electron chi connectivity index (χ3n) is 8.90. The number of aryl methyl sites for hydroxylation is 4. The molecular formula is C35H35F3N8OS. The van der Waals surface area contributed by atoms with Gasteiger partial charge in [-0.1, -0.05) is 18.7 Å². The fourth-order valence-electron chi connectivity index (χ4n) is 6.33. The van der Waals surface area contributed by atoms with Crippen LogP contribution in [0.15, 0.2) is 55.4 Å². The first-order valence-electron chi connectivity index (χ1n) is 15.7. The van der Waals surface area contributed by atoms with Crippen molar-refractivity contribution in [1.82, 2.24) is 24.4 Å². The van der Waals surface area contributed by atoms with Crippen LogP contribution in [0.1, 0.15) is 45.8 Å². The molecule has 4 aromatic heterocycles. The molecule has 13 heteroatoms. The second kappa shape index (κ2) is 13.7. The lowest BCUT2D eigenvalue weighted by Crippen LogP contribution is -2.39. The first kappa shape index (κ1) is 33.1. The summed E-state index contributed by atoms with van der Waals surface area (Å²) >= 11 is 1.06. The summed E-state index contributed by atoms with van der Waals surface area (Å²) in [5.74, 6) is 0.747. The number of pyridine rings is 1. The Labute approximate surface area is 280 Å². The summed E-state index contributed by atoms with van der Waals surface area (Å²) in [6.45, 7) is 10.6. The SMILES string of the molecule is C=CC(=O)Nc1ccc(CCn2c(C#N)cc3c(C)c(CN4CCC(Nc5ncnc6sc(CC(F)(F)F)cc56)CC4)ccc32)c(C)n1. The highest BCUT2D eigenvalue weighted by atomic mass is 32.1. The van der Waals surface area contributed by atoms with E-state index in [2.05, 4.69) is 66.8 Å². The predicted molar refractivity (Wildman–Crippen MR) is 182 cm³/mol. The summed E-state index contributed by atoms with van der Waals surface area (Å²) in [5.41, 5.74) is 5.83. The van der Waals surface area contributed by atoms with Crippen LogP contribution in [0, 0.1) is 25.2 Å². The number of amides is 1. The fourth-order valence-corrected chi connectivity index (χ4v) is 7.36. The second-order valence-corrected chi connectivity index (χ2v) is 13.2. The molecule has 0 aliphatic carbocycles. The Morgan fingerprint density at radius 3 is 2.60 bits per heavy atom. The Bertz CT molecular complexity index is 2040. The lowest BCUT2D eigenvalue weighted by Gasteiger charge is -2.33. The normalized spacial score (nSPS) is 14.3. The number of likely N-dealkylation sites (tertiary alicyclic amines) is 1. The van der Waals surface area contributed by atoms with Crippen LogP contribution in [0.25, 0.3) is 21.1 Å². The number of benzene rings is 1. The van der Waals surface area contributed by atoms with Crippen LogP contribution in [0.4, 0.5) is 24.8 Å². The van der Waals surface area contributed by atoms with Gasteiger partial charge in [-0.15, -0.1) is 11.3 Å². The molecule has 0 spiro atoms. The fraction of sp³-hybridized carbons (Fsp3) is 0.343. The van der Waals surface area contributed by atoms with Gasteiger partial charge >= 0.3 is 6.18 Å². The minimum atomic E-state index is -4.27. The second-order valence-electron chi connectivity index (χ2n) is 12.1. The smallest absolute Gasteiger partial charge is 0.367 e. The maximum absolute atomic E-state index is 12.9. The van der Waals surface area contributed by atoms with Gasteiger partial charge in [-0.3, -0.25) is 9.69 Å². The highest BCUT2D eigenvalue weighted by molar-refractivity contribution is 7.18. The van der Waals surface area contributed by atoms with E-state index in [1.165, 1.54) is 18.0 Å². The molecule has 0 bridgehead atoms. The van der Waals surface area contributed by atoms with E-state index in [1.54, 1.807) is 12.1 Å². The van der Waals surface area contributed by atoms with Gasteiger partial charge in [0.15, 0.2) is 0 Å². The number of piperidine rings is 1. The van der Waals surface area contributed by atoms with E-state index in [0.717, 1.165) is 71.5 Å². The first-order chi connectivity index (χ1) is 23.0. The van der Waals surface area contributed by atoms with Gasteiger partial charge in [0, 0.05) is 53.7 Å². The number of anilines is 2. The molecule has 1 saturated heterocycles. The molecular weight excluding hydrogens is 638 g/mol. The molecule has 5 heterocycles. The molecule has 0 unspecified atom stereocenters. The number of nitriles is 1. The third kappa shape index (κ3) is 7.35. The average molecular weight is 673 g/mol. The van der Waals surface area contributed by atoms with Gasteiger partial charge in [0.2, 0.25) is 5.91 Å². The zero-order valence-electron chi connectivity index (χ0n) is 26.7. The van der Waals surface area contributed by atoms with Crippen molar-refractivity contribution in [3.05, 3.63) is 88.3 Å². The van der Waals surface area contributed by atoms with Gasteiger partial charge in [0.1, 0.15) is 34.6 Å². The summed E-state index contributed by atoms with van der Waals surface area (Å²) in [5, 5.41) is 17.8. The lowest BCUT2D eigenvalue weighted by atomic mass is 10.0. The lowest BCUT2D eigenvalue weighted by molar-refractivity contribution is -0.126. The molecule has 2 N–H and O–H groups in total. The van der Waals surface area contributed by atoms with E-state index in [9.17, 15) is 23.2 Å². The number of aromatic nitrogens is 4. The van der Waals surface area contributed by atoms with E-state index in [-0.39, 0.29) is 16.8 Å². The maximum atomic E-state index is 12.9. The van der Waals surface area contributed by atoms with Crippen molar-refractivity contribution in [2.75, 3.05) is 23.7 Å². The van der Waals surface area contributed by atoms with E-state index in [1.807, 2.05) is 19.1 Å². The average Bonchev–Trinajstić information content (AvgIpc) is 3.63. The number of thiophene rings is 1. The number of carbonyl (C=O) groups excluding carboxylic acids is 1. The monoisotopic (exact) mass is 672 g/mol. The zero-order valence-corrected chi connectivity index (χ0v) is 27.5. The number of alkyl halides is 3. The Morgan fingerprint density at radius 1 is 1.12 bits per heavy atom. The van der Waals surface area contributed by atoms with Crippen molar-refractivity contribution in [2.45, 2.75) is 64.8 Å². The Kier molecular flexibility index (Phi) is 9.48. The number of nitrogens with one attached hydrogen (secondary N) is 2. The van der Waals surface area contributed by atoms with Crippen LogP contribution in [-0.2, 0) is 30.7 Å². The molecule has 48 heavy (non-hydrogen) atoms. The summed E-state index contributed by atoms with van der Waals surface area (Å²) in [6, 6.07) is 14.0. The minimum Gasteiger partial charge on any atom is -0.367 e. The van der Waals surface area contributed by atoms with E-state index in [0.29, 0.717) is 40.5 Å². The Hall–Kier alpha value is -4.80. The maximum Gasteiger partial charge on any atom is 0.393 e. The summed E-state index contributed by atoms with van der Waals surface area (Å²) in [4.78, 5) is 27.8. The molecule has 9 nitrogen and oxygen atoms in total. The molecule has 1 aromatic carbocycles. The topological polar surface area (TPSA) is 112 Å². The van der Waals surface area contributed by atoms with Gasteiger partial charge in [-0.2, -0.15) is 18.4 Å². The zero-order chi connectivity index (χ0) is 34.0. The van der Waals surface area contributed by atoms with Gasteiger partial charge in [0.05, 0.1) is 11.8 Å². The van der Waals surface area contributed by atoms with Crippen molar-refractivity contribution >= 4 is 50.0 Å². The number of hydrogen-bond donors (Lipinski definition) is 2. The van der Waals surface area contributed by atoms with Crippen LogP contribution in [0.2, 0.25) is 0 Å². The number of halogens is 3. The van der Waals surface area contributed by atoms with E-state index in [4.69, 9.17) is 0 Å². The third-order valence-corrected chi connectivity index (χ3v) is 9.94.